The highest BCUT2D eigenvalue weighted by Crippen LogP contribution is 2.42. The zero-order valence-corrected chi connectivity index (χ0v) is 23.7. The van der Waals surface area contributed by atoms with Crippen LogP contribution in [0.2, 0.25) is 0 Å². The number of hydrogen-bond donors (Lipinski definition) is 8. The van der Waals surface area contributed by atoms with E-state index in [9.17, 15) is 49.8 Å². The van der Waals surface area contributed by atoms with Crippen molar-refractivity contribution in [2.75, 3.05) is 6.61 Å². The summed E-state index contributed by atoms with van der Waals surface area (Å²) in [7, 11) is 0. The molecule has 17 heteroatoms. The number of carboxylic acid groups (broad SMARTS) is 2. The summed E-state index contributed by atoms with van der Waals surface area (Å²) in [6, 6.07) is 0. The maximum absolute atomic E-state index is 12.2. The van der Waals surface area contributed by atoms with E-state index >= 15 is 0 Å². The van der Waals surface area contributed by atoms with Crippen LogP contribution in [0.25, 0.3) is 0 Å². The zero-order valence-electron chi connectivity index (χ0n) is 23.7. The molecule has 2 saturated carbocycles. The van der Waals surface area contributed by atoms with Crippen LogP contribution in [0.5, 0.6) is 0 Å². The van der Waals surface area contributed by atoms with E-state index in [2.05, 4.69) is 0 Å². The van der Waals surface area contributed by atoms with E-state index < -0.39 is 123 Å². The molecule has 9 unspecified atom stereocenters. The van der Waals surface area contributed by atoms with Crippen LogP contribution < -0.4 is 0 Å². The minimum atomic E-state index is -1.89. The number of ether oxygens (including phenoxy) is 5. The first-order chi connectivity index (χ1) is 20.7. The van der Waals surface area contributed by atoms with E-state index in [1.54, 1.807) is 0 Å². The third-order valence-corrected chi connectivity index (χ3v) is 8.79. The molecule has 4 rings (SSSR count). The van der Waals surface area contributed by atoms with Crippen molar-refractivity contribution in [1.29, 1.82) is 0 Å². The standard InChI is InChI=1S/C27H40O17/c28-11-4-14(30)12-6-17(25(41-16(12)5-11)10-1-2-13(29)15(31)3-10)42-27-24(39)26(44-22(37)8-20(34)35)23(38)18(43-27)9-40-21(36)7-19(32)33/h10-18,23-31,38-39H,1-9H2,(H,32,33)(H,34,35)/p+1/t10?,11?,12?,13?,14?,15?,16?,17?,18-,23-,24-,25?,26+,27-/m1/s1. The average Bonchev–Trinajstić information content (AvgIpc) is 2.92. The van der Waals surface area contributed by atoms with Gasteiger partial charge in [-0.05, 0) is 25.7 Å². The van der Waals surface area contributed by atoms with Gasteiger partial charge in [0.1, 0.15) is 43.9 Å². The average molecular weight is 638 g/mol. The zero-order chi connectivity index (χ0) is 32.3. The number of rotatable bonds is 10. The molecule has 44 heavy (non-hydrogen) atoms. The number of carboxylic acids is 2. The van der Waals surface area contributed by atoms with Crippen molar-refractivity contribution in [2.24, 2.45) is 11.8 Å². The van der Waals surface area contributed by atoms with Gasteiger partial charge in [0.05, 0.1) is 30.3 Å². The molecule has 17 nitrogen and oxygen atoms in total. The molecule has 0 amide bonds. The van der Waals surface area contributed by atoms with Gasteiger partial charge in [0.2, 0.25) is 0 Å². The van der Waals surface area contributed by atoms with Crippen LogP contribution in [0.3, 0.4) is 0 Å². The Morgan fingerprint density at radius 3 is 2.11 bits per heavy atom. The fraction of sp³-hybridized carbons (Fsp3) is 0.852. The van der Waals surface area contributed by atoms with Gasteiger partial charge in [0.25, 0.3) is 0 Å². The van der Waals surface area contributed by atoms with E-state index in [-0.39, 0.29) is 31.6 Å². The summed E-state index contributed by atoms with van der Waals surface area (Å²) < 4.78 is 26.8. The maximum atomic E-state index is 12.2. The van der Waals surface area contributed by atoms with Crippen molar-refractivity contribution < 1.29 is 83.7 Å². The number of aliphatic carboxylic acids is 2. The number of esters is 2. The molecular formula is C27H41O17+. The summed E-state index contributed by atoms with van der Waals surface area (Å²) in [5.74, 6) is -6.22. The lowest BCUT2D eigenvalue weighted by molar-refractivity contribution is -0.357. The summed E-state index contributed by atoms with van der Waals surface area (Å²) in [6.07, 6.45) is -14.9. The molecule has 0 bridgehead atoms. The Balaban J connectivity index is 1.57. The topological polar surface area (TPSA) is 280 Å². The van der Waals surface area contributed by atoms with E-state index in [1.807, 2.05) is 0 Å². The molecule has 0 spiro atoms. The van der Waals surface area contributed by atoms with E-state index in [1.165, 1.54) is 0 Å². The van der Waals surface area contributed by atoms with Crippen LogP contribution in [-0.4, -0.2) is 150 Å². The van der Waals surface area contributed by atoms with Crippen molar-refractivity contribution in [2.45, 2.75) is 125 Å². The van der Waals surface area contributed by atoms with Gasteiger partial charge in [0, 0.05) is 18.8 Å². The van der Waals surface area contributed by atoms with Gasteiger partial charge < -0.3 is 64.5 Å². The van der Waals surface area contributed by atoms with Crippen molar-refractivity contribution in [3.05, 3.63) is 0 Å². The monoisotopic (exact) mass is 637 g/mol. The van der Waals surface area contributed by atoms with E-state index in [0.29, 0.717) is 12.8 Å². The summed E-state index contributed by atoms with van der Waals surface area (Å²) in [6.45, 7) is -0.737. The second-order valence-electron chi connectivity index (χ2n) is 12.0. The van der Waals surface area contributed by atoms with Gasteiger partial charge in [-0.3, -0.25) is 19.2 Å². The van der Waals surface area contributed by atoms with Crippen molar-refractivity contribution in [1.82, 2.24) is 0 Å². The lowest BCUT2D eigenvalue weighted by Crippen LogP contribution is -2.64. The second kappa shape index (κ2) is 14.7. The van der Waals surface area contributed by atoms with Crippen LogP contribution in [0, 0.1) is 11.8 Å². The predicted molar refractivity (Wildman–Crippen MR) is 139 cm³/mol. The number of hydrogen-bond acceptors (Lipinski definition) is 14. The Hall–Kier alpha value is -2.48. The largest absolute Gasteiger partial charge is 0.481 e. The first kappa shape index (κ1) is 34.4. The first-order valence-electron chi connectivity index (χ1n) is 14.6. The molecule has 2 aliphatic carbocycles. The quantitative estimate of drug-likeness (QED) is 0.0656. The highest BCUT2D eigenvalue weighted by atomic mass is 16.7. The minimum Gasteiger partial charge on any atom is -0.481 e. The number of aliphatic hydroxyl groups excluding tert-OH is 6. The Kier molecular flexibility index (Phi) is 11.5. The molecule has 2 saturated heterocycles. The Morgan fingerprint density at radius 2 is 1.45 bits per heavy atom. The number of aliphatic hydroxyl groups is 8. The minimum absolute atomic E-state index is 0.114. The van der Waals surface area contributed by atoms with Gasteiger partial charge in [0.15, 0.2) is 24.6 Å². The summed E-state index contributed by atoms with van der Waals surface area (Å²) >= 11 is 0. The van der Waals surface area contributed by atoms with Crippen LogP contribution in [-0.2, 0) is 38.1 Å². The molecule has 0 radical (unpaired) electrons. The lowest BCUT2D eigenvalue weighted by Gasteiger charge is -2.48. The van der Waals surface area contributed by atoms with Gasteiger partial charge in [-0.25, -0.2) is 0 Å². The molecular weight excluding hydrogens is 596 g/mol. The predicted octanol–water partition coefficient (Wildman–Crippen LogP) is -3.45. The van der Waals surface area contributed by atoms with Crippen LogP contribution >= 0.6 is 0 Å². The Labute approximate surface area is 251 Å². The smallest absolute Gasteiger partial charge is 0.317 e. The number of fused-ring (bicyclic) bond motifs is 1. The van der Waals surface area contributed by atoms with Crippen molar-refractivity contribution in [3.8, 4) is 0 Å². The highest BCUT2D eigenvalue weighted by molar-refractivity contribution is 5.90. The summed E-state index contributed by atoms with van der Waals surface area (Å²) in [5.41, 5.74) is 0. The molecule has 2 aliphatic heterocycles. The molecule has 4 aliphatic rings. The third-order valence-electron chi connectivity index (χ3n) is 8.79. The first-order valence-corrected chi connectivity index (χ1v) is 14.6. The molecule has 0 aromatic heterocycles. The Morgan fingerprint density at radius 1 is 0.773 bits per heavy atom. The van der Waals surface area contributed by atoms with E-state index in [4.69, 9.17) is 33.9 Å². The molecule has 14 atom stereocenters. The molecule has 4 fully saturated rings. The number of carbonyl (C=O) groups excluding carboxylic acids is 2. The lowest BCUT2D eigenvalue weighted by atomic mass is 9.72. The van der Waals surface area contributed by atoms with Crippen LogP contribution in [0.1, 0.15) is 51.4 Å². The number of carbonyl (C=O) groups is 4. The van der Waals surface area contributed by atoms with Crippen molar-refractivity contribution in [3.63, 3.8) is 0 Å². The van der Waals surface area contributed by atoms with Crippen LogP contribution in [0.4, 0.5) is 0 Å². The molecule has 0 aromatic carbocycles. The fourth-order valence-electron chi connectivity index (χ4n) is 6.63. The van der Waals surface area contributed by atoms with Crippen molar-refractivity contribution >= 4 is 23.9 Å². The second-order valence-corrected chi connectivity index (χ2v) is 12.0. The third kappa shape index (κ3) is 8.41. The summed E-state index contributed by atoms with van der Waals surface area (Å²) in [5, 5.41) is 81.1. The molecule has 250 valence electrons. The normalized spacial score (nSPS) is 42.5. The molecule has 9 N–H and O–H groups in total. The fourth-order valence-corrected chi connectivity index (χ4v) is 6.63. The van der Waals surface area contributed by atoms with E-state index in [0.717, 1.165) is 0 Å². The Bertz CT molecular complexity index is 1040. The highest BCUT2D eigenvalue weighted by Gasteiger charge is 2.55. The SMILES string of the molecule is O=C(O)CC(=O)OC[C@H]1O[C@@H](OC2CC3C(O)CC(O)CC3[OH+]C2C2CCC(O)C(O)C2)[C@H](O)[C@@H](OC(=O)CC(=O)O)[C@@H]1O. The van der Waals surface area contributed by atoms with Gasteiger partial charge >= 0.3 is 23.9 Å². The molecule has 2 heterocycles. The van der Waals surface area contributed by atoms with Gasteiger partial charge in [-0.2, -0.15) is 0 Å². The maximum Gasteiger partial charge on any atom is 0.317 e. The van der Waals surface area contributed by atoms with Gasteiger partial charge in [-0.15, -0.1) is 0 Å². The molecule has 0 aromatic rings. The van der Waals surface area contributed by atoms with Crippen LogP contribution in [0.15, 0.2) is 0 Å². The van der Waals surface area contributed by atoms with Gasteiger partial charge in [-0.1, -0.05) is 0 Å². The summed E-state index contributed by atoms with van der Waals surface area (Å²) in [4.78, 5) is 45.8.